The number of hydrogen-bond acceptors (Lipinski definition) is 4. The summed E-state index contributed by atoms with van der Waals surface area (Å²) >= 11 is 0. The molecule has 2 N–H and O–H groups in total. The maximum Gasteiger partial charge on any atom is 0.338 e. The van der Waals surface area contributed by atoms with Crippen molar-refractivity contribution in [2.24, 2.45) is 7.05 Å². The van der Waals surface area contributed by atoms with E-state index in [1.54, 1.807) is 22.9 Å². The predicted molar refractivity (Wildman–Crippen MR) is 72.7 cm³/mol. The quantitative estimate of drug-likeness (QED) is 0.676. The minimum Gasteiger partial charge on any atom is -0.456 e. The van der Waals surface area contributed by atoms with Gasteiger partial charge in [0.1, 0.15) is 6.61 Å². The molecule has 1 aromatic carbocycles. The number of carbonyl (C=O) groups is 1. The van der Waals surface area contributed by atoms with Gasteiger partial charge in [-0.1, -0.05) is 0 Å². The zero-order chi connectivity index (χ0) is 14.0. The van der Waals surface area contributed by atoms with Gasteiger partial charge in [0, 0.05) is 12.7 Å². The second kappa shape index (κ2) is 5.14. The van der Waals surface area contributed by atoms with Crippen molar-refractivity contribution in [3.8, 4) is 0 Å². The Bertz CT molecular complexity index is 597. The number of nitrogens with zero attached hydrogens (tertiary/aromatic N) is 2. The van der Waals surface area contributed by atoms with Gasteiger partial charge in [0.25, 0.3) is 0 Å². The molecule has 1 aromatic heterocycles. The van der Waals surface area contributed by atoms with Crippen LogP contribution in [0.3, 0.4) is 0 Å². The van der Waals surface area contributed by atoms with E-state index in [1.807, 2.05) is 27.0 Å². The maximum absolute atomic E-state index is 11.9. The predicted octanol–water partition coefficient (Wildman–Crippen LogP) is 1.98. The Balaban J connectivity index is 2.07. The van der Waals surface area contributed by atoms with E-state index in [9.17, 15) is 4.79 Å². The van der Waals surface area contributed by atoms with Gasteiger partial charge in [0.2, 0.25) is 0 Å². The van der Waals surface area contributed by atoms with Crippen LogP contribution in [0.5, 0.6) is 0 Å². The molecule has 5 nitrogen and oxygen atoms in total. The van der Waals surface area contributed by atoms with Crippen LogP contribution in [0.25, 0.3) is 0 Å². The van der Waals surface area contributed by atoms with E-state index in [1.165, 1.54) is 0 Å². The number of hydrogen-bond donors (Lipinski definition) is 1. The summed E-state index contributed by atoms with van der Waals surface area (Å²) in [6, 6.07) is 7.07. The molecular weight excluding hydrogens is 242 g/mol. The molecule has 0 unspecified atom stereocenters. The lowest BCUT2D eigenvalue weighted by atomic mass is 10.1. The summed E-state index contributed by atoms with van der Waals surface area (Å²) in [6.07, 6.45) is 0. The first-order chi connectivity index (χ1) is 8.95. The van der Waals surface area contributed by atoms with Crippen molar-refractivity contribution < 1.29 is 9.53 Å². The topological polar surface area (TPSA) is 70.1 Å². The van der Waals surface area contributed by atoms with E-state index in [2.05, 4.69) is 5.10 Å². The standard InChI is InChI=1S/C14H17N3O2/c1-9-4-11(7-12(15)5-9)14(18)19-8-13-6-10(2)16-17(13)3/h4-7H,8,15H2,1-3H3. The molecule has 19 heavy (non-hydrogen) atoms. The van der Waals surface area contributed by atoms with Gasteiger partial charge in [-0.2, -0.15) is 5.10 Å². The van der Waals surface area contributed by atoms with Crippen LogP contribution in [-0.2, 0) is 18.4 Å². The van der Waals surface area contributed by atoms with Gasteiger partial charge in [-0.25, -0.2) is 4.79 Å². The molecule has 2 rings (SSSR count). The minimum absolute atomic E-state index is 0.198. The Kier molecular flexibility index (Phi) is 3.55. The van der Waals surface area contributed by atoms with E-state index < -0.39 is 0 Å². The van der Waals surface area contributed by atoms with Crippen molar-refractivity contribution in [2.75, 3.05) is 5.73 Å². The molecule has 1 heterocycles. The number of esters is 1. The van der Waals surface area contributed by atoms with Crippen molar-refractivity contribution >= 4 is 11.7 Å². The van der Waals surface area contributed by atoms with Crippen molar-refractivity contribution in [1.29, 1.82) is 0 Å². The summed E-state index contributed by atoms with van der Waals surface area (Å²) in [4.78, 5) is 11.9. The largest absolute Gasteiger partial charge is 0.456 e. The fourth-order valence-electron chi connectivity index (χ4n) is 1.95. The molecule has 100 valence electrons. The smallest absolute Gasteiger partial charge is 0.338 e. The molecule has 0 spiro atoms. The third kappa shape index (κ3) is 3.13. The fraction of sp³-hybridized carbons (Fsp3) is 0.286. The molecule has 0 aliphatic carbocycles. The van der Waals surface area contributed by atoms with Gasteiger partial charge in [0.05, 0.1) is 17.0 Å². The zero-order valence-electron chi connectivity index (χ0n) is 11.3. The summed E-state index contributed by atoms with van der Waals surface area (Å²) in [5.74, 6) is -0.380. The number of carbonyl (C=O) groups excluding carboxylic acids is 1. The number of nitrogens with two attached hydrogens (primary N) is 1. The highest BCUT2D eigenvalue weighted by atomic mass is 16.5. The van der Waals surface area contributed by atoms with E-state index >= 15 is 0 Å². The summed E-state index contributed by atoms with van der Waals surface area (Å²) in [6.45, 7) is 3.98. The van der Waals surface area contributed by atoms with Gasteiger partial charge >= 0.3 is 5.97 Å². The van der Waals surface area contributed by atoms with Gasteiger partial charge in [0.15, 0.2) is 0 Å². The highest BCUT2D eigenvalue weighted by molar-refractivity contribution is 5.90. The van der Waals surface area contributed by atoms with Crippen molar-refractivity contribution in [3.63, 3.8) is 0 Å². The first-order valence-electron chi connectivity index (χ1n) is 5.99. The number of nitrogen functional groups attached to an aromatic ring is 1. The Labute approximate surface area is 112 Å². The first kappa shape index (κ1) is 13.1. The van der Waals surface area contributed by atoms with Gasteiger partial charge < -0.3 is 10.5 Å². The van der Waals surface area contributed by atoms with Crippen LogP contribution in [0.2, 0.25) is 0 Å². The van der Waals surface area contributed by atoms with Gasteiger partial charge in [-0.05, 0) is 43.7 Å². The number of ether oxygens (including phenoxy) is 1. The number of anilines is 1. The molecule has 5 heteroatoms. The van der Waals surface area contributed by atoms with Crippen molar-refractivity contribution in [3.05, 3.63) is 46.8 Å². The average molecular weight is 259 g/mol. The lowest BCUT2D eigenvalue weighted by molar-refractivity contribution is 0.0463. The van der Waals surface area contributed by atoms with E-state index in [4.69, 9.17) is 10.5 Å². The molecule has 0 saturated heterocycles. The molecule has 0 aliphatic heterocycles. The van der Waals surface area contributed by atoms with E-state index in [0.717, 1.165) is 17.0 Å². The second-order valence-corrected chi connectivity index (χ2v) is 4.61. The Hall–Kier alpha value is -2.30. The van der Waals surface area contributed by atoms with Crippen LogP contribution in [0.15, 0.2) is 24.3 Å². The summed E-state index contributed by atoms with van der Waals surface area (Å²) in [5.41, 5.74) is 9.42. The number of aromatic nitrogens is 2. The molecule has 0 aliphatic rings. The van der Waals surface area contributed by atoms with Crippen LogP contribution in [0, 0.1) is 13.8 Å². The van der Waals surface area contributed by atoms with Crippen LogP contribution in [0.4, 0.5) is 5.69 Å². The van der Waals surface area contributed by atoms with Crippen LogP contribution < -0.4 is 5.73 Å². The van der Waals surface area contributed by atoms with E-state index in [0.29, 0.717) is 11.3 Å². The molecule has 0 amide bonds. The molecule has 0 saturated carbocycles. The van der Waals surface area contributed by atoms with Crippen LogP contribution in [0.1, 0.15) is 27.3 Å². The Morgan fingerprint density at radius 1 is 1.32 bits per heavy atom. The monoisotopic (exact) mass is 259 g/mol. The van der Waals surface area contributed by atoms with Crippen molar-refractivity contribution in [2.45, 2.75) is 20.5 Å². The SMILES string of the molecule is Cc1cc(N)cc(C(=O)OCc2cc(C)nn2C)c1. The van der Waals surface area contributed by atoms with Crippen LogP contribution in [-0.4, -0.2) is 15.7 Å². The third-order valence-electron chi connectivity index (χ3n) is 2.79. The summed E-state index contributed by atoms with van der Waals surface area (Å²) < 4.78 is 6.96. The van der Waals surface area contributed by atoms with Crippen LogP contribution >= 0.6 is 0 Å². The molecule has 2 aromatic rings. The molecule has 0 atom stereocenters. The second-order valence-electron chi connectivity index (χ2n) is 4.61. The Morgan fingerprint density at radius 2 is 2.05 bits per heavy atom. The number of rotatable bonds is 3. The van der Waals surface area contributed by atoms with Gasteiger partial charge in [-0.15, -0.1) is 0 Å². The molecular formula is C14H17N3O2. The minimum atomic E-state index is -0.380. The third-order valence-corrected chi connectivity index (χ3v) is 2.79. The lowest BCUT2D eigenvalue weighted by Crippen LogP contribution is -2.08. The van der Waals surface area contributed by atoms with Gasteiger partial charge in [-0.3, -0.25) is 4.68 Å². The Morgan fingerprint density at radius 3 is 2.63 bits per heavy atom. The molecule has 0 radical (unpaired) electrons. The fourth-order valence-corrected chi connectivity index (χ4v) is 1.95. The normalized spacial score (nSPS) is 10.5. The maximum atomic E-state index is 11.9. The zero-order valence-corrected chi connectivity index (χ0v) is 11.3. The number of aryl methyl sites for hydroxylation is 3. The van der Waals surface area contributed by atoms with Crippen molar-refractivity contribution in [1.82, 2.24) is 9.78 Å². The average Bonchev–Trinajstić information content (AvgIpc) is 2.63. The summed E-state index contributed by atoms with van der Waals surface area (Å²) in [7, 11) is 1.82. The molecule has 0 fully saturated rings. The highest BCUT2D eigenvalue weighted by Gasteiger charge is 2.10. The first-order valence-corrected chi connectivity index (χ1v) is 5.99. The van der Waals surface area contributed by atoms with E-state index in [-0.39, 0.29) is 12.6 Å². The molecule has 0 bridgehead atoms. The highest BCUT2D eigenvalue weighted by Crippen LogP contribution is 2.13. The summed E-state index contributed by atoms with van der Waals surface area (Å²) in [5, 5.41) is 4.20. The lowest BCUT2D eigenvalue weighted by Gasteiger charge is -2.06. The number of benzene rings is 1.